The summed E-state index contributed by atoms with van der Waals surface area (Å²) in [6.45, 7) is 0.306. The Balaban J connectivity index is 1.68. The number of aliphatic imine (C=N–C) groups is 1. The van der Waals surface area contributed by atoms with Crippen molar-refractivity contribution in [2.24, 2.45) is 10.7 Å². The second-order valence-electron chi connectivity index (χ2n) is 5.01. The molecule has 25 heavy (non-hydrogen) atoms. The van der Waals surface area contributed by atoms with Crippen molar-refractivity contribution in [1.29, 1.82) is 0 Å². The van der Waals surface area contributed by atoms with Gasteiger partial charge in [0.15, 0.2) is 5.96 Å². The number of aromatic nitrogens is 1. The van der Waals surface area contributed by atoms with Gasteiger partial charge >= 0.3 is 0 Å². The highest BCUT2D eigenvalue weighted by atomic mass is 32.1. The van der Waals surface area contributed by atoms with Crippen LogP contribution in [0.25, 0.3) is 10.8 Å². The third-order valence-corrected chi connectivity index (χ3v) is 4.22. The first-order valence-electron chi connectivity index (χ1n) is 7.47. The van der Waals surface area contributed by atoms with Crippen LogP contribution >= 0.6 is 11.3 Å². The fraction of sp³-hybridized carbons (Fsp3) is 0.176. The highest BCUT2D eigenvalue weighted by Gasteiger charge is 2.08. The molecule has 0 aliphatic rings. The van der Waals surface area contributed by atoms with E-state index in [0.29, 0.717) is 35.3 Å². The van der Waals surface area contributed by atoms with Crippen molar-refractivity contribution < 1.29 is 13.9 Å². The molecule has 0 saturated heterocycles. The first kappa shape index (κ1) is 16.8. The molecule has 0 saturated carbocycles. The zero-order valence-electron chi connectivity index (χ0n) is 13.9. The lowest BCUT2D eigenvalue weighted by Crippen LogP contribution is -2.23. The quantitative estimate of drug-likeness (QED) is 0.518. The van der Waals surface area contributed by atoms with Crippen molar-refractivity contribution in [2.45, 2.75) is 6.54 Å². The first-order valence-corrected chi connectivity index (χ1v) is 8.35. The average molecular weight is 358 g/mol. The number of ether oxygens (including phenoxy) is 2. The minimum absolute atomic E-state index is 0.243. The van der Waals surface area contributed by atoms with E-state index in [-0.39, 0.29) is 5.96 Å². The molecule has 0 radical (unpaired) electrons. The highest BCUT2D eigenvalue weighted by Crippen LogP contribution is 2.28. The van der Waals surface area contributed by atoms with E-state index in [1.807, 2.05) is 17.5 Å². The largest absolute Gasteiger partial charge is 0.497 e. The zero-order valence-corrected chi connectivity index (χ0v) is 14.7. The first-order chi connectivity index (χ1) is 12.2. The topological polar surface area (TPSA) is 94.9 Å². The molecule has 0 aliphatic carbocycles. The Labute approximate surface area is 149 Å². The molecular formula is C17H18N4O3S. The van der Waals surface area contributed by atoms with Crippen molar-refractivity contribution in [1.82, 2.24) is 4.98 Å². The maximum absolute atomic E-state index is 5.96. The molecule has 1 aromatic carbocycles. The second-order valence-corrected chi connectivity index (χ2v) is 5.96. The summed E-state index contributed by atoms with van der Waals surface area (Å²) in [4.78, 5) is 9.66. The summed E-state index contributed by atoms with van der Waals surface area (Å²) in [5.74, 6) is 2.15. The fourth-order valence-corrected chi connectivity index (χ4v) is 2.80. The maximum atomic E-state index is 5.96. The van der Waals surface area contributed by atoms with E-state index in [1.54, 1.807) is 50.0 Å². The number of benzene rings is 1. The van der Waals surface area contributed by atoms with Gasteiger partial charge in [-0.1, -0.05) is 6.07 Å². The van der Waals surface area contributed by atoms with Crippen LogP contribution in [-0.2, 0) is 6.54 Å². The standard InChI is InChI=1S/C17H18N4O3S/c1-22-12-5-6-14(23-2)13(8-12)21-17(18)19-9-11-10-24-16(20-11)15-4-3-7-25-15/h3-8,10H,9H2,1-2H3,(H3,18,19,21). The minimum atomic E-state index is 0.243. The lowest BCUT2D eigenvalue weighted by atomic mass is 10.2. The molecule has 3 N–H and O–H groups in total. The average Bonchev–Trinajstić information content (AvgIpc) is 3.31. The Morgan fingerprint density at radius 2 is 2.20 bits per heavy atom. The van der Waals surface area contributed by atoms with Gasteiger partial charge in [0, 0.05) is 6.07 Å². The van der Waals surface area contributed by atoms with Crippen LogP contribution in [0.3, 0.4) is 0 Å². The molecule has 3 rings (SSSR count). The zero-order chi connectivity index (χ0) is 17.6. The summed E-state index contributed by atoms with van der Waals surface area (Å²) in [5, 5.41) is 4.98. The van der Waals surface area contributed by atoms with Gasteiger partial charge in [0.1, 0.15) is 23.5 Å². The molecule has 0 aliphatic heterocycles. The number of thiophene rings is 1. The van der Waals surface area contributed by atoms with Crippen molar-refractivity contribution in [3.63, 3.8) is 0 Å². The predicted molar refractivity (Wildman–Crippen MR) is 98.3 cm³/mol. The molecule has 0 unspecified atom stereocenters. The smallest absolute Gasteiger partial charge is 0.236 e. The number of oxazole rings is 1. The van der Waals surface area contributed by atoms with Crippen LogP contribution < -0.4 is 20.5 Å². The molecular weight excluding hydrogens is 340 g/mol. The van der Waals surface area contributed by atoms with Gasteiger partial charge in [-0.2, -0.15) is 0 Å². The molecule has 0 bridgehead atoms. The van der Waals surface area contributed by atoms with Crippen LogP contribution in [0.15, 0.2) is 51.4 Å². The summed E-state index contributed by atoms with van der Waals surface area (Å²) in [7, 11) is 3.18. The van der Waals surface area contributed by atoms with Crippen LogP contribution in [0, 0.1) is 0 Å². The van der Waals surface area contributed by atoms with Gasteiger partial charge in [-0.15, -0.1) is 11.3 Å². The molecule has 2 heterocycles. The number of methoxy groups -OCH3 is 2. The van der Waals surface area contributed by atoms with Crippen LogP contribution in [0.1, 0.15) is 5.69 Å². The van der Waals surface area contributed by atoms with Gasteiger partial charge in [-0.05, 0) is 23.6 Å². The SMILES string of the molecule is COc1ccc(OC)c(NC(N)=NCc2coc(-c3cccs3)n2)c1. The lowest BCUT2D eigenvalue weighted by Gasteiger charge is -2.11. The lowest BCUT2D eigenvalue weighted by molar-refractivity contribution is 0.405. The number of hydrogen-bond donors (Lipinski definition) is 2. The van der Waals surface area contributed by atoms with E-state index in [0.717, 1.165) is 4.88 Å². The number of nitrogens with one attached hydrogen (secondary N) is 1. The van der Waals surface area contributed by atoms with Gasteiger partial charge in [0.25, 0.3) is 0 Å². The van der Waals surface area contributed by atoms with E-state index in [4.69, 9.17) is 19.6 Å². The Morgan fingerprint density at radius 3 is 2.92 bits per heavy atom. The molecule has 2 aromatic heterocycles. The van der Waals surface area contributed by atoms with Crippen LogP contribution in [0.2, 0.25) is 0 Å². The molecule has 130 valence electrons. The van der Waals surface area contributed by atoms with Crippen LogP contribution in [-0.4, -0.2) is 25.2 Å². The molecule has 3 aromatic rings. The van der Waals surface area contributed by atoms with E-state index in [2.05, 4.69) is 15.3 Å². The second kappa shape index (κ2) is 7.71. The Kier molecular flexibility index (Phi) is 5.20. The Hall–Kier alpha value is -3.00. The summed E-state index contributed by atoms with van der Waals surface area (Å²) >= 11 is 1.57. The van der Waals surface area contributed by atoms with Gasteiger partial charge < -0.3 is 24.9 Å². The number of anilines is 1. The van der Waals surface area contributed by atoms with Gasteiger partial charge in [-0.25, -0.2) is 9.98 Å². The number of nitrogens with two attached hydrogens (primary N) is 1. The summed E-state index contributed by atoms with van der Waals surface area (Å²) in [6.07, 6.45) is 1.58. The number of nitrogens with zero attached hydrogens (tertiary/aromatic N) is 2. The highest BCUT2D eigenvalue weighted by molar-refractivity contribution is 7.13. The Morgan fingerprint density at radius 1 is 1.32 bits per heavy atom. The fourth-order valence-electron chi connectivity index (χ4n) is 2.15. The number of guanidine groups is 1. The predicted octanol–water partition coefficient (Wildman–Crippen LogP) is 3.35. The molecule has 0 spiro atoms. The van der Waals surface area contributed by atoms with Crippen molar-refractivity contribution in [3.8, 4) is 22.3 Å². The van der Waals surface area contributed by atoms with E-state index >= 15 is 0 Å². The number of rotatable bonds is 6. The minimum Gasteiger partial charge on any atom is -0.497 e. The monoisotopic (exact) mass is 358 g/mol. The maximum Gasteiger partial charge on any atom is 0.236 e. The van der Waals surface area contributed by atoms with Crippen molar-refractivity contribution in [3.05, 3.63) is 47.7 Å². The van der Waals surface area contributed by atoms with E-state index in [9.17, 15) is 0 Å². The number of hydrogen-bond acceptors (Lipinski definition) is 6. The normalized spacial score (nSPS) is 11.4. The summed E-state index contributed by atoms with van der Waals surface area (Å²) < 4.78 is 16.0. The van der Waals surface area contributed by atoms with Gasteiger partial charge in [0.2, 0.25) is 5.89 Å². The van der Waals surface area contributed by atoms with Gasteiger partial charge in [0.05, 0.1) is 31.3 Å². The summed E-state index contributed by atoms with van der Waals surface area (Å²) in [5.41, 5.74) is 7.33. The molecule has 8 heteroatoms. The van der Waals surface area contributed by atoms with E-state index in [1.165, 1.54) is 0 Å². The molecule has 0 amide bonds. The van der Waals surface area contributed by atoms with Crippen LogP contribution in [0.5, 0.6) is 11.5 Å². The van der Waals surface area contributed by atoms with Gasteiger partial charge in [-0.3, -0.25) is 0 Å². The third-order valence-electron chi connectivity index (χ3n) is 3.36. The van der Waals surface area contributed by atoms with Crippen LogP contribution in [0.4, 0.5) is 5.69 Å². The molecule has 0 atom stereocenters. The van der Waals surface area contributed by atoms with Crippen molar-refractivity contribution in [2.75, 3.05) is 19.5 Å². The third kappa shape index (κ3) is 4.10. The molecule has 7 nitrogen and oxygen atoms in total. The molecule has 0 fully saturated rings. The summed E-state index contributed by atoms with van der Waals surface area (Å²) in [6, 6.07) is 9.28. The van der Waals surface area contributed by atoms with Crippen molar-refractivity contribution >= 4 is 23.0 Å². The van der Waals surface area contributed by atoms with E-state index < -0.39 is 0 Å². The Bertz CT molecular complexity index is 859.